The van der Waals surface area contributed by atoms with E-state index in [2.05, 4.69) is 4.72 Å². The van der Waals surface area contributed by atoms with Crippen molar-refractivity contribution in [1.29, 1.82) is 0 Å². The Balaban J connectivity index is 3.89. The van der Waals surface area contributed by atoms with Crippen LogP contribution in [0.3, 0.4) is 0 Å². The summed E-state index contributed by atoms with van der Waals surface area (Å²) in [6.07, 6.45) is 0. The highest BCUT2D eigenvalue weighted by Gasteiger charge is 2.08. The van der Waals surface area contributed by atoms with Gasteiger partial charge in [0.15, 0.2) is 0 Å². The molecule has 0 aliphatic rings. The lowest BCUT2D eigenvalue weighted by Gasteiger charge is -2.07. The summed E-state index contributed by atoms with van der Waals surface area (Å²) in [5.41, 5.74) is 0. The minimum atomic E-state index is -3.48. The van der Waals surface area contributed by atoms with Crippen LogP contribution in [0.5, 0.6) is 0 Å². The van der Waals surface area contributed by atoms with E-state index in [4.69, 9.17) is 5.11 Å². The van der Waals surface area contributed by atoms with Gasteiger partial charge in [0.25, 0.3) is 10.2 Å². The van der Waals surface area contributed by atoms with Gasteiger partial charge in [-0.2, -0.15) is 17.9 Å². The molecule has 0 spiro atoms. The second kappa shape index (κ2) is 3.87. The van der Waals surface area contributed by atoms with Crippen molar-refractivity contribution in [2.24, 2.45) is 0 Å². The molecule has 0 aromatic rings. The summed E-state index contributed by atoms with van der Waals surface area (Å²) in [6, 6.07) is -0.163. The van der Waals surface area contributed by atoms with Crippen molar-refractivity contribution in [3.8, 4) is 0 Å². The molecule has 0 bridgehead atoms. The third-order valence-electron chi connectivity index (χ3n) is 0.645. The Bertz CT molecular complexity index is 175. The van der Waals surface area contributed by atoms with Crippen molar-refractivity contribution >= 4 is 10.2 Å². The Morgan fingerprint density at radius 2 is 2.00 bits per heavy atom. The lowest BCUT2D eigenvalue weighted by Crippen LogP contribution is -2.40. The van der Waals surface area contributed by atoms with Crippen molar-refractivity contribution in [3.63, 3.8) is 0 Å². The van der Waals surface area contributed by atoms with Gasteiger partial charge in [-0.25, -0.2) is 0 Å². The fourth-order valence-corrected chi connectivity index (χ4v) is 1.31. The van der Waals surface area contributed by atoms with E-state index >= 15 is 0 Å². The fraction of sp³-hybridized carbons (Fsp3) is 1.00. The molecule has 0 saturated heterocycles. The molecule has 0 aliphatic heterocycles. The minimum Gasteiger partial charge on any atom is -0.380 e. The van der Waals surface area contributed by atoms with Gasteiger partial charge >= 0.3 is 0 Å². The van der Waals surface area contributed by atoms with Crippen LogP contribution in [0.15, 0.2) is 0 Å². The monoisotopic (exact) mass is 168 g/mol. The number of aliphatic hydroxyl groups is 1. The number of rotatable bonds is 4. The molecular formula is C4H12N2O3S. The standard InChI is InChI=1S/C4H12N2O3S/c1-4(2)6-10(8,9)5-3-7/h4-7H,3H2,1-2H3. The predicted molar refractivity (Wildman–Crippen MR) is 37.4 cm³/mol. The van der Waals surface area contributed by atoms with E-state index in [1.54, 1.807) is 13.8 Å². The topological polar surface area (TPSA) is 78.4 Å². The van der Waals surface area contributed by atoms with Gasteiger partial charge < -0.3 is 5.11 Å². The zero-order valence-electron chi connectivity index (χ0n) is 5.96. The minimum absolute atomic E-state index is 0.163. The van der Waals surface area contributed by atoms with Crippen molar-refractivity contribution in [1.82, 2.24) is 9.44 Å². The Morgan fingerprint density at radius 3 is 2.30 bits per heavy atom. The van der Waals surface area contributed by atoms with Crippen LogP contribution in [0.25, 0.3) is 0 Å². The maximum Gasteiger partial charge on any atom is 0.279 e. The molecule has 6 heteroatoms. The van der Waals surface area contributed by atoms with Crippen LogP contribution in [-0.4, -0.2) is 26.3 Å². The molecule has 0 amide bonds. The van der Waals surface area contributed by atoms with E-state index < -0.39 is 16.9 Å². The van der Waals surface area contributed by atoms with E-state index in [0.29, 0.717) is 0 Å². The summed E-state index contributed by atoms with van der Waals surface area (Å²) in [5.74, 6) is 0. The van der Waals surface area contributed by atoms with Crippen molar-refractivity contribution in [2.45, 2.75) is 19.9 Å². The molecule has 0 rings (SSSR count). The summed E-state index contributed by atoms with van der Waals surface area (Å²) >= 11 is 0. The number of hydrogen-bond acceptors (Lipinski definition) is 3. The molecule has 0 unspecified atom stereocenters. The third kappa shape index (κ3) is 4.68. The first kappa shape index (κ1) is 9.83. The molecule has 0 heterocycles. The molecule has 0 aliphatic carbocycles. The summed E-state index contributed by atoms with van der Waals surface area (Å²) in [4.78, 5) is 0. The van der Waals surface area contributed by atoms with Gasteiger partial charge in [-0.3, -0.25) is 0 Å². The number of hydrogen-bond donors (Lipinski definition) is 3. The van der Waals surface area contributed by atoms with E-state index in [9.17, 15) is 8.42 Å². The van der Waals surface area contributed by atoms with E-state index in [1.807, 2.05) is 4.72 Å². The van der Waals surface area contributed by atoms with Crippen molar-refractivity contribution < 1.29 is 13.5 Å². The normalized spacial score (nSPS) is 12.4. The van der Waals surface area contributed by atoms with Gasteiger partial charge in [0.1, 0.15) is 6.73 Å². The zero-order chi connectivity index (χ0) is 8.20. The maximum atomic E-state index is 10.7. The van der Waals surface area contributed by atoms with Gasteiger partial charge in [0.2, 0.25) is 0 Å². The molecule has 0 fully saturated rings. The lowest BCUT2D eigenvalue weighted by atomic mass is 10.4. The first-order valence-corrected chi connectivity index (χ1v) is 4.34. The van der Waals surface area contributed by atoms with Crippen LogP contribution in [0.4, 0.5) is 0 Å². The van der Waals surface area contributed by atoms with Gasteiger partial charge in [0, 0.05) is 6.04 Å². The van der Waals surface area contributed by atoms with Crippen LogP contribution in [0.1, 0.15) is 13.8 Å². The predicted octanol–water partition coefficient (Wildman–Crippen LogP) is -1.23. The smallest absolute Gasteiger partial charge is 0.279 e. The van der Waals surface area contributed by atoms with Gasteiger partial charge in [-0.1, -0.05) is 0 Å². The molecule has 5 nitrogen and oxygen atoms in total. The Hall–Kier alpha value is -0.170. The van der Waals surface area contributed by atoms with Gasteiger partial charge in [-0.15, -0.1) is 0 Å². The molecule has 0 aromatic heterocycles. The average molecular weight is 168 g/mol. The summed E-state index contributed by atoms with van der Waals surface area (Å²) in [5, 5.41) is 8.18. The third-order valence-corrected chi connectivity index (χ3v) is 1.94. The zero-order valence-corrected chi connectivity index (χ0v) is 6.77. The molecule has 0 aromatic carbocycles. The Labute approximate surface area is 60.6 Å². The highest BCUT2D eigenvalue weighted by Crippen LogP contribution is 1.81. The first-order valence-electron chi connectivity index (χ1n) is 2.85. The molecule has 0 atom stereocenters. The fourth-order valence-electron chi connectivity index (χ4n) is 0.437. The second-order valence-electron chi connectivity index (χ2n) is 2.08. The molecule has 0 saturated carbocycles. The molecule has 10 heavy (non-hydrogen) atoms. The maximum absolute atomic E-state index is 10.7. The Morgan fingerprint density at radius 1 is 1.50 bits per heavy atom. The van der Waals surface area contributed by atoms with Crippen LogP contribution in [0, 0.1) is 0 Å². The molecule has 0 radical (unpaired) electrons. The van der Waals surface area contributed by atoms with Crippen LogP contribution in [-0.2, 0) is 10.2 Å². The van der Waals surface area contributed by atoms with Crippen molar-refractivity contribution in [3.05, 3.63) is 0 Å². The van der Waals surface area contributed by atoms with Gasteiger partial charge in [0.05, 0.1) is 0 Å². The van der Waals surface area contributed by atoms with E-state index in [1.165, 1.54) is 0 Å². The highest BCUT2D eigenvalue weighted by atomic mass is 32.2. The highest BCUT2D eigenvalue weighted by molar-refractivity contribution is 7.87. The SMILES string of the molecule is CC(C)NS(=O)(=O)NCO. The molecule has 3 N–H and O–H groups in total. The van der Waals surface area contributed by atoms with Crippen LogP contribution < -0.4 is 9.44 Å². The summed E-state index contributed by atoms with van der Waals surface area (Å²) in [6.45, 7) is 2.80. The van der Waals surface area contributed by atoms with Crippen LogP contribution >= 0.6 is 0 Å². The van der Waals surface area contributed by atoms with E-state index in [-0.39, 0.29) is 6.04 Å². The summed E-state index contributed by atoms with van der Waals surface area (Å²) < 4.78 is 25.4. The molecule has 62 valence electrons. The summed E-state index contributed by atoms with van der Waals surface area (Å²) in [7, 11) is -3.48. The molecular weight excluding hydrogens is 156 g/mol. The first-order chi connectivity index (χ1) is 4.48. The largest absolute Gasteiger partial charge is 0.380 e. The second-order valence-corrected chi connectivity index (χ2v) is 3.61. The average Bonchev–Trinajstić information content (AvgIpc) is 1.59. The number of aliphatic hydroxyl groups excluding tert-OH is 1. The Kier molecular flexibility index (Phi) is 3.80. The van der Waals surface area contributed by atoms with Gasteiger partial charge in [-0.05, 0) is 13.8 Å². The van der Waals surface area contributed by atoms with Crippen molar-refractivity contribution in [2.75, 3.05) is 6.73 Å². The van der Waals surface area contributed by atoms with E-state index in [0.717, 1.165) is 0 Å². The quantitative estimate of drug-likeness (QED) is 0.460. The van der Waals surface area contributed by atoms with Crippen LogP contribution in [0.2, 0.25) is 0 Å². The number of nitrogens with one attached hydrogen (secondary N) is 2. The lowest BCUT2D eigenvalue weighted by molar-refractivity contribution is 0.287.